The molecule has 0 unspecified atom stereocenters. The fourth-order valence-corrected chi connectivity index (χ4v) is 2.32. The zero-order chi connectivity index (χ0) is 19.8. The van der Waals surface area contributed by atoms with Gasteiger partial charge in [-0.05, 0) is 37.3 Å². The van der Waals surface area contributed by atoms with Crippen molar-refractivity contribution in [3.8, 4) is 17.2 Å². The van der Waals surface area contributed by atoms with Crippen molar-refractivity contribution in [2.24, 2.45) is 0 Å². The Kier molecular flexibility index (Phi) is 6.82. The summed E-state index contributed by atoms with van der Waals surface area (Å²) in [5.41, 5.74) is 0.595. The van der Waals surface area contributed by atoms with Crippen LogP contribution in [0.5, 0.6) is 17.2 Å². The maximum Gasteiger partial charge on any atom is 0.296 e. The Hall–Kier alpha value is -3.48. The Labute approximate surface area is 157 Å². The molecule has 0 spiro atoms. The first-order chi connectivity index (χ1) is 13.0. The first-order valence-electron chi connectivity index (χ1n) is 8.20. The molecule has 2 aromatic rings. The van der Waals surface area contributed by atoms with Crippen molar-refractivity contribution in [3.05, 3.63) is 54.1 Å². The zero-order valence-corrected chi connectivity index (χ0v) is 15.3. The largest absolute Gasteiger partial charge is 0.507 e. The van der Waals surface area contributed by atoms with Crippen molar-refractivity contribution < 1.29 is 28.9 Å². The molecule has 7 nitrogen and oxygen atoms in total. The van der Waals surface area contributed by atoms with Crippen LogP contribution in [0.1, 0.15) is 12.5 Å². The molecule has 0 heterocycles. The number of rotatable bonds is 8. The summed E-state index contributed by atoms with van der Waals surface area (Å²) in [4.78, 5) is 24.4. The van der Waals surface area contributed by atoms with E-state index in [0.717, 1.165) is 6.08 Å². The lowest BCUT2D eigenvalue weighted by molar-refractivity contribution is -0.132. The van der Waals surface area contributed by atoms with Crippen LogP contribution in [0.15, 0.2) is 48.5 Å². The van der Waals surface area contributed by atoms with Gasteiger partial charge in [-0.25, -0.2) is 0 Å². The molecule has 0 radical (unpaired) electrons. The van der Waals surface area contributed by atoms with Gasteiger partial charge in [0.1, 0.15) is 23.0 Å². The van der Waals surface area contributed by atoms with E-state index in [0.29, 0.717) is 29.5 Å². The summed E-state index contributed by atoms with van der Waals surface area (Å²) >= 11 is 0. The van der Waals surface area contributed by atoms with Crippen LogP contribution in [0.2, 0.25) is 0 Å². The second-order valence-corrected chi connectivity index (χ2v) is 5.34. The number of aliphatic hydroxyl groups is 1. The van der Waals surface area contributed by atoms with Gasteiger partial charge in [0.15, 0.2) is 0 Å². The number of ketones is 1. The van der Waals surface area contributed by atoms with Crippen molar-refractivity contribution in [1.82, 2.24) is 0 Å². The van der Waals surface area contributed by atoms with E-state index >= 15 is 0 Å². The van der Waals surface area contributed by atoms with E-state index in [1.807, 2.05) is 6.92 Å². The molecule has 142 valence electrons. The van der Waals surface area contributed by atoms with Crippen LogP contribution in [0.3, 0.4) is 0 Å². The maximum atomic E-state index is 12.2. The molecule has 0 aromatic heterocycles. The van der Waals surface area contributed by atoms with Crippen molar-refractivity contribution in [2.75, 3.05) is 26.1 Å². The molecule has 0 atom stereocenters. The Morgan fingerprint density at radius 1 is 1.07 bits per heavy atom. The molecule has 0 aliphatic rings. The van der Waals surface area contributed by atoms with Crippen molar-refractivity contribution >= 4 is 23.1 Å². The molecule has 0 aliphatic carbocycles. The van der Waals surface area contributed by atoms with Crippen LogP contribution in [0, 0.1) is 0 Å². The molecule has 2 rings (SSSR count). The van der Waals surface area contributed by atoms with Crippen LogP contribution < -0.4 is 19.5 Å². The SMILES string of the molecule is CCOc1ccccc1NC(=O)C(=O)C=C(O)c1cc(OC)ccc1OC. The molecule has 27 heavy (non-hydrogen) atoms. The standard InChI is InChI=1S/C20H21NO6/c1-4-27-19-8-6-5-7-15(19)21-20(24)17(23)12-16(22)14-11-13(25-2)9-10-18(14)26-3/h5-12,22H,4H2,1-3H3,(H,21,24). The van der Waals surface area contributed by atoms with Gasteiger partial charge in [0, 0.05) is 6.08 Å². The number of para-hydroxylation sites is 2. The molecule has 0 fully saturated rings. The third-order valence-corrected chi connectivity index (χ3v) is 3.61. The number of nitrogens with one attached hydrogen (secondary N) is 1. The molecule has 7 heteroatoms. The van der Waals surface area contributed by atoms with Gasteiger partial charge in [0.2, 0.25) is 5.78 Å². The van der Waals surface area contributed by atoms with Crippen molar-refractivity contribution in [2.45, 2.75) is 6.92 Å². The lowest BCUT2D eigenvalue weighted by atomic mass is 10.1. The minimum absolute atomic E-state index is 0.229. The van der Waals surface area contributed by atoms with E-state index in [1.165, 1.54) is 20.3 Å². The van der Waals surface area contributed by atoms with Gasteiger partial charge < -0.3 is 24.6 Å². The number of carbonyl (C=O) groups is 2. The van der Waals surface area contributed by atoms with Gasteiger partial charge in [-0.15, -0.1) is 0 Å². The molecule has 0 aliphatic heterocycles. The third kappa shape index (κ3) is 5.01. The number of aliphatic hydroxyl groups excluding tert-OH is 1. The zero-order valence-electron chi connectivity index (χ0n) is 15.3. The monoisotopic (exact) mass is 371 g/mol. The maximum absolute atomic E-state index is 12.2. The summed E-state index contributed by atoms with van der Waals surface area (Å²) in [5, 5.41) is 12.8. The normalized spacial score (nSPS) is 10.9. The van der Waals surface area contributed by atoms with Gasteiger partial charge in [-0.3, -0.25) is 9.59 Å². The van der Waals surface area contributed by atoms with Crippen molar-refractivity contribution in [3.63, 3.8) is 0 Å². The number of carbonyl (C=O) groups excluding carboxylic acids is 2. The number of methoxy groups -OCH3 is 2. The summed E-state index contributed by atoms with van der Waals surface area (Å²) in [6.07, 6.45) is 0.829. The average molecular weight is 371 g/mol. The van der Waals surface area contributed by atoms with Gasteiger partial charge in [-0.1, -0.05) is 12.1 Å². The van der Waals surface area contributed by atoms with E-state index in [-0.39, 0.29) is 5.56 Å². The van der Waals surface area contributed by atoms with E-state index in [1.54, 1.807) is 36.4 Å². The summed E-state index contributed by atoms with van der Waals surface area (Å²) in [6.45, 7) is 2.23. The Balaban J connectivity index is 2.21. The quantitative estimate of drug-likeness (QED) is 0.420. The third-order valence-electron chi connectivity index (χ3n) is 3.61. The second kappa shape index (κ2) is 9.28. The highest BCUT2D eigenvalue weighted by molar-refractivity contribution is 6.45. The van der Waals surface area contributed by atoms with Crippen LogP contribution in [-0.4, -0.2) is 37.6 Å². The fraction of sp³-hybridized carbons (Fsp3) is 0.200. The van der Waals surface area contributed by atoms with E-state index < -0.39 is 17.4 Å². The first-order valence-corrected chi connectivity index (χ1v) is 8.20. The topological polar surface area (TPSA) is 94.1 Å². The molecule has 1 amide bonds. The molecule has 0 saturated heterocycles. The lowest BCUT2D eigenvalue weighted by Gasteiger charge is -2.11. The number of hydrogen-bond donors (Lipinski definition) is 2. The first kappa shape index (κ1) is 19.8. The van der Waals surface area contributed by atoms with Crippen LogP contribution in [-0.2, 0) is 9.59 Å². The van der Waals surface area contributed by atoms with Gasteiger partial charge in [-0.2, -0.15) is 0 Å². The van der Waals surface area contributed by atoms with Crippen molar-refractivity contribution in [1.29, 1.82) is 0 Å². The predicted octanol–water partition coefficient (Wildman–Crippen LogP) is 3.21. The molecule has 2 N–H and O–H groups in total. The smallest absolute Gasteiger partial charge is 0.296 e. The number of hydrogen-bond acceptors (Lipinski definition) is 6. The average Bonchev–Trinajstić information content (AvgIpc) is 2.68. The predicted molar refractivity (Wildman–Crippen MR) is 101 cm³/mol. The summed E-state index contributed by atoms with van der Waals surface area (Å²) in [6, 6.07) is 11.5. The summed E-state index contributed by atoms with van der Waals surface area (Å²) in [5.74, 6) is -1.00. The number of ether oxygens (including phenoxy) is 3. The lowest BCUT2D eigenvalue weighted by Crippen LogP contribution is -2.21. The van der Waals surface area contributed by atoms with Crippen LogP contribution in [0.4, 0.5) is 5.69 Å². The highest BCUT2D eigenvalue weighted by Crippen LogP contribution is 2.29. The molecule has 2 aromatic carbocycles. The number of benzene rings is 2. The van der Waals surface area contributed by atoms with E-state index in [2.05, 4.69) is 5.32 Å². The second-order valence-electron chi connectivity index (χ2n) is 5.34. The van der Waals surface area contributed by atoms with E-state index in [4.69, 9.17) is 14.2 Å². The number of amides is 1. The fourth-order valence-electron chi connectivity index (χ4n) is 2.32. The van der Waals surface area contributed by atoms with Crippen LogP contribution in [0.25, 0.3) is 5.76 Å². The van der Waals surface area contributed by atoms with Gasteiger partial charge >= 0.3 is 0 Å². The number of anilines is 1. The summed E-state index contributed by atoms with van der Waals surface area (Å²) < 4.78 is 15.7. The minimum Gasteiger partial charge on any atom is -0.507 e. The van der Waals surface area contributed by atoms with Crippen LogP contribution >= 0.6 is 0 Å². The summed E-state index contributed by atoms with van der Waals surface area (Å²) in [7, 11) is 2.90. The molecular formula is C20H21NO6. The Morgan fingerprint density at radius 3 is 2.48 bits per heavy atom. The molecule has 0 bridgehead atoms. The highest BCUT2D eigenvalue weighted by atomic mass is 16.5. The highest BCUT2D eigenvalue weighted by Gasteiger charge is 2.17. The van der Waals surface area contributed by atoms with Gasteiger partial charge in [0.25, 0.3) is 5.91 Å². The minimum atomic E-state index is -0.927. The molecular weight excluding hydrogens is 350 g/mol. The Morgan fingerprint density at radius 2 is 1.81 bits per heavy atom. The van der Waals surface area contributed by atoms with E-state index in [9.17, 15) is 14.7 Å². The van der Waals surface area contributed by atoms with Gasteiger partial charge in [0.05, 0.1) is 32.1 Å². The Bertz CT molecular complexity index is 859. The molecule has 0 saturated carbocycles.